The molecule has 2 N–H and O–H groups in total. The molecule has 0 aliphatic carbocycles. The van der Waals surface area contributed by atoms with Crippen LogP contribution in [-0.2, 0) is 0 Å². The minimum atomic E-state index is -2.58. The number of urea groups is 1. The van der Waals surface area contributed by atoms with Gasteiger partial charge < -0.3 is 10.6 Å². The minimum absolute atomic E-state index is 0.416. The molecule has 1 rings (SSSR count). The summed E-state index contributed by atoms with van der Waals surface area (Å²) in [7, 11) is 0. The van der Waals surface area contributed by atoms with Crippen molar-refractivity contribution in [2.24, 2.45) is 0 Å². The number of anilines is 1. The second-order valence-electron chi connectivity index (χ2n) is 2.83. The molecule has 0 bridgehead atoms. The Morgan fingerprint density at radius 1 is 1.50 bits per heavy atom. The second-order valence-corrected chi connectivity index (χ2v) is 4.03. The smallest absolute Gasteiger partial charge is 0.319 e. The van der Waals surface area contributed by atoms with E-state index in [0.717, 1.165) is 0 Å². The summed E-state index contributed by atoms with van der Waals surface area (Å²) in [5.41, 5.74) is 0.416. The number of nitrogens with one attached hydrogen (secondary N) is 2. The monoisotopic (exact) mass is 312 g/mol. The third kappa shape index (κ3) is 3.94. The van der Waals surface area contributed by atoms with Gasteiger partial charge in [-0.05, 0) is 28.1 Å². The lowest BCUT2D eigenvalue weighted by Gasteiger charge is -2.09. The Bertz CT molecular complexity index is 390. The fourth-order valence-electron chi connectivity index (χ4n) is 0.937. The molecule has 0 saturated heterocycles. The van der Waals surface area contributed by atoms with Gasteiger partial charge in [0.1, 0.15) is 0 Å². The molecule has 0 aliphatic heterocycles. The van der Waals surface area contributed by atoms with Crippen molar-refractivity contribution in [3.8, 4) is 0 Å². The zero-order chi connectivity index (χ0) is 12.1. The van der Waals surface area contributed by atoms with E-state index in [-0.39, 0.29) is 0 Å². The highest BCUT2D eigenvalue weighted by atomic mass is 79.9. The first-order valence-corrected chi connectivity index (χ1v) is 5.45. The Kier molecular flexibility index (Phi) is 4.95. The quantitative estimate of drug-likeness (QED) is 0.881. The largest absolute Gasteiger partial charge is 0.332 e. The number of hydrogen-bond donors (Lipinski definition) is 2. The normalized spacial score (nSPS) is 10.3. The fourth-order valence-corrected chi connectivity index (χ4v) is 1.47. The van der Waals surface area contributed by atoms with Crippen molar-refractivity contribution in [1.82, 2.24) is 5.32 Å². The van der Waals surface area contributed by atoms with E-state index in [1.807, 2.05) is 5.32 Å². The molecule has 3 nitrogen and oxygen atoms in total. The maximum Gasteiger partial charge on any atom is 0.319 e. The molecule has 0 aromatic heterocycles. The summed E-state index contributed by atoms with van der Waals surface area (Å²) in [5, 5.41) is 4.83. The first-order chi connectivity index (χ1) is 7.50. The summed E-state index contributed by atoms with van der Waals surface area (Å²) in [6.07, 6.45) is -2.58. The van der Waals surface area contributed by atoms with Crippen LogP contribution in [0.3, 0.4) is 0 Å². The molecule has 7 heteroatoms. The molecule has 16 heavy (non-hydrogen) atoms. The van der Waals surface area contributed by atoms with Crippen LogP contribution in [0.1, 0.15) is 0 Å². The van der Waals surface area contributed by atoms with Gasteiger partial charge in [-0.25, -0.2) is 13.6 Å². The Morgan fingerprint density at radius 2 is 2.19 bits per heavy atom. The number of amides is 2. The zero-order valence-corrected chi connectivity index (χ0v) is 10.3. The molecule has 0 unspecified atom stereocenters. The molecular weight excluding hydrogens is 305 g/mol. The summed E-state index contributed by atoms with van der Waals surface area (Å²) in [6.45, 7) is -0.690. The van der Waals surface area contributed by atoms with Gasteiger partial charge in [-0.1, -0.05) is 17.7 Å². The molecule has 2 amide bonds. The predicted octanol–water partition coefficient (Wildman–Crippen LogP) is 3.49. The van der Waals surface area contributed by atoms with Gasteiger partial charge in [0.05, 0.1) is 21.7 Å². The van der Waals surface area contributed by atoms with Crippen molar-refractivity contribution in [1.29, 1.82) is 0 Å². The van der Waals surface area contributed by atoms with Crippen LogP contribution in [0.15, 0.2) is 22.7 Å². The number of alkyl halides is 2. The Morgan fingerprint density at radius 3 is 2.81 bits per heavy atom. The highest BCUT2D eigenvalue weighted by molar-refractivity contribution is 9.10. The molecule has 0 aliphatic rings. The van der Waals surface area contributed by atoms with E-state index < -0.39 is 19.0 Å². The molecule has 1 aromatic rings. The van der Waals surface area contributed by atoms with Crippen molar-refractivity contribution in [2.45, 2.75) is 6.43 Å². The fraction of sp³-hybridized carbons (Fsp3) is 0.222. The summed E-state index contributed by atoms with van der Waals surface area (Å²) in [5.74, 6) is 0. The lowest BCUT2D eigenvalue weighted by molar-refractivity contribution is 0.148. The summed E-state index contributed by atoms with van der Waals surface area (Å²) >= 11 is 8.95. The van der Waals surface area contributed by atoms with E-state index >= 15 is 0 Å². The van der Waals surface area contributed by atoms with Gasteiger partial charge in [0.2, 0.25) is 0 Å². The highest BCUT2D eigenvalue weighted by Gasteiger charge is 2.09. The highest BCUT2D eigenvalue weighted by Crippen LogP contribution is 2.29. The molecule has 0 fully saturated rings. The van der Waals surface area contributed by atoms with Crippen molar-refractivity contribution >= 4 is 39.2 Å². The van der Waals surface area contributed by atoms with Crippen LogP contribution in [0.5, 0.6) is 0 Å². The molecule has 0 radical (unpaired) electrons. The third-order valence-corrected chi connectivity index (χ3v) is 3.01. The van der Waals surface area contributed by atoms with Crippen molar-refractivity contribution in [3.05, 3.63) is 27.7 Å². The first-order valence-electron chi connectivity index (χ1n) is 4.27. The van der Waals surface area contributed by atoms with Gasteiger partial charge in [0.15, 0.2) is 0 Å². The molecule has 0 spiro atoms. The van der Waals surface area contributed by atoms with Crippen molar-refractivity contribution < 1.29 is 13.6 Å². The number of carbonyl (C=O) groups excluding carboxylic acids is 1. The lowest BCUT2D eigenvalue weighted by atomic mass is 10.3. The van der Waals surface area contributed by atoms with E-state index in [9.17, 15) is 13.6 Å². The maximum atomic E-state index is 11.8. The third-order valence-electron chi connectivity index (χ3n) is 1.62. The van der Waals surface area contributed by atoms with Crippen LogP contribution in [0.25, 0.3) is 0 Å². The van der Waals surface area contributed by atoms with Crippen LogP contribution in [0.4, 0.5) is 19.3 Å². The summed E-state index contributed by atoms with van der Waals surface area (Å²) in [4.78, 5) is 11.2. The average molecular weight is 314 g/mol. The number of benzene rings is 1. The van der Waals surface area contributed by atoms with E-state index in [1.54, 1.807) is 18.2 Å². The van der Waals surface area contributed by atoms with Gasteiger partial charge >= 0.3 is 6.03 Å². The zero-order valence-electron chi connectivity index (χ0n) is 7.94. The van der Waals surface area contributed by atoms with E-state index in [1.165, 1.54) is 0 Å². The molecular formula is C9H8BrClF2N2O. The van der Waals surface area contributed by atoms with E-state index in [4.69, 9.17) is 11.6 Å². The van der Waals surface area contributed by atoms with Gasteiger partial charge in [-0.2, -0.15) is 0 Å². The van der Waals surface area contributed by atoms with E-state index in [0.29, 0.717) is 15.2 Å². The molecule has 0 saturated carbocycles. The number of hydrogen-bond acceptors (Lipinski definition) is 1. The van der Waals surface area contributed by atoms with Crippen LogP contribution in [0, 0.1) is 0 Å². The maximum absolute atomic E-state index is 11.8. The van der Waals surface area contributed by atoms with Gasteiger partial charge in [0.25, 0.3) is 6.43 Å². The van der Waals surface area contributed by atoms with Gasteiger partial charge in [-0.3, -0.25) is 0 Å². The Balaban J connectivity index is 2.59. The number of halogens is 4. The van der Waals surface area contributed by atoms with Crippen LogP contribution in [0.2, 0.25) is 5.02 Å². The van der Waals surface area contributed by atoms with Crippen LogP contribution in [-0.4, -0.2) is 19.0 Å². The first kappa shape index (κ1) is 13.2. The topological polar surface area (TPSA) is 41.1 Å². The molecule has 0 heterocycles. The molecule has 1 aromatic carbocycles. The standard InChI is InChI=1S/C9H8BrClF2N2O/c10-8-5(11)2-1-3-6(8)15-9(16)14-4-7(12)13/h1-3,7H,4H2,(H2,14,15,16). The lowest BCUT2D eigenvalue weighted by Crippen LogP contribution is -2.32. The molecule has 0 atom stereocenters. The Labute approximate surface area is 104 Å². The Hall–Kier alpha value is -0.880. The number of carbonyl (C=O) groups is 1. The minimum Gasteiger partial charge on any atom is -0.332 e. The SMILES string of the molecule is O=C(NCC(F)F)Nc1cccc(Cl)c1Br. The second kappa shape index (κ2) is 6.00. The summed E-state index contributed by atoms with van der Waals surface area (Å²) < 4.78 is 24.1. The van der Waals surface area contributed by atoms with Crippen LogP contribution < -0.4 is 10.6 Å². The average Bonchev–Trinajstić information content (AvgIpc) is 2.22. The van der Waals surface area contributed by atoms with Gasteiger partial charge in [-0.15, -0.1) is 0 Å². The van der Waals surface area contributed by atoms with Gasteiger partial charge in [0, 0.05) is 0 Å². The van der Waals surface area contributed by atoms with E-state index in [2.05, 4.69) is 21.2 Å². The summed E-state index contributed by atoms with van der Waals surface area (Å²) in [6, 6.07) is 4.16. The van der Waals surface area contributed by atoms with Crippen molar-refractivity contribution in [3.63, 3.8) is 0 Å². The predicted molar refractivity (Wildman–Crippen MR) is 62.2 cm³/mol. The van der Waals surface area contributed by atoms with Crippen molar-refractivity contribution in [2.75, 3.05) is 11.9 Å². The van der Waals surface area contributed by atoms with Crippen LogP contribution >= 0.6 is 27.5 Å². The molecule has 88 valence electrons. The number of rotatable bonds is 3.